The van der Waals surface area contributed by atoms with Gasteiger partial charge < -0.3 is 10.3 Å². The molecule has 5 nitrogen and oxygen atoms in total. The van der Waals surface area contributed by atoms with Gasteiger partial charge in [0, 0.05) is 11.1 Å². The van der Waals surface area contributed by atoms with E-state index in [-0.39, 0.29) is 4.90 Å². The van der Waals surface area contributed by atoms with Crippen molar-refractivity contribution >= 4 is 38.2 Å². The SMILES string of the molecule is CS(=O)(=O)c1cccc2c1nc(N)n2Cc1cccs1. The molecule has 0 saturated carbocycles. The van der Waals surface area contributed by atoms with E-state index >= 15 is 0 Å². The third kappa shape index (κ3) is 2.19. The first-order valence-corrected chi connectivity index (χ1v) is 8.71. The van der Waals surface area contributed by atoms with Crippen LogP contribution in [-0.2, 0) is 16.4 Å². The lowest BCUT2D eigenvalue weighted by Crippen LogP contribution is -2.03. The highest BCUT2D eigenvalue weighted by Crippen LogP contribution is 2.26. The Kier molecular flexibility index (Phi) is 3.02. The zero-order valence-electron chi connectivity index (χ0n) is 10.8. The number of fused-ring (bicyclic) bond motifs is 1. The van der Waals surface area contributed by atoms with Crippen molar-refractivity contribution in [1.82, 2.24) is 9.55 Å². The summed E-state index contributed by atoms with van der Waals surface area (Å²) in [5.74, 6) is 0.324. The molecule has 104 valence electrons. The number of imidazole rings is 1. The number of sulfone groups is 1. The van der Waals surface area contributed by atoms with E-state index in [2.05, 4.69) is 4.98 Å². The summed E-state index contributed by atoms with van der Waals surface area (Å²) >= 11 is 1.63. The fourth-order valence-electron chi connectivity index (χ4n) is 2.16. The molecule has 0 spiro atoms. The zero-order valence-corrected chi connectivity index (χ0v) is 12.4. The number of nitrogens with zero attached hydrogens (tertiary/aromatic N) is 2. The molecule has 0 bridgehead atoms. The summed E-state index contributed by atoms with van der Waals surface area (Å²) in [7, 11) is -3.32. The highest BCUT2D eigenvalue weighted by molar-refractivity contribution is 7.91. The molecular formula is C13H13N3O2S2. The summed E-state index contributed by atoms with van der Waals surface area (Å²) in [4.78, 5) is 5.58. The summed E-state index contributed by atoms with van der Waals surface area (Å²) in [6, 6.07) is 9.08. The van der Waals surface area contributed by atoms with Gasteiger partial charge in [-0.05, 0) is 23.6 Å². The highest BCUT2D eigenvalue weighted by Gasteiger charge is 2.17. The van der Waals surface area contributed by atoms with Gasteiger partial charge in [-0.3, -0.25) is 0 Å². The van der Waals surface area contributed by atoms with Gasteiger partial charge in [-0.2, -0.15) is 0 Å². The maximum Gasteiger partial charge on any atom is 0.201 e. The molecule has 0 aliphatic heterocycles. The lowest BCUT2D eigenvalue weighted by Gasteiger charge is -2.05. The van der Waals surface area contributed by atoms with Crippen LogP contribution in [0.25, 0.3) is 11.0 Å². The minimum absolute atomic E-state index is 0.214. The number of thiophene rings is 1. The number of hydrogen-bond acceptors (Lipinski definition) is 5. The van der Waals surface area contributed by atoms with Crippen LogP contribution in [0.3, 0.4) is 0 Å². The summed E-state index contributed by atoms with van der Waals surface area (Å²) in [5.41, 5.74) is 7.11. The molecule has 20 heavy (non-hydrogen) atoms. The Hall–Kier alpha value is -1.86. The second kappa shape index (κ2) is 4.60. The second-order valence-electron chi connectivity index (χ2n) is 4.53. The Labute approximate surface area is 120 Å². The molecule has 0 saturated heterocycles. The topological polar surface area (TPSA) is 78.0 Å². The van der Waals surface area contributed by atoms with E-state index in [0.717, 1.165) is 10.4 Å². The molecule has 3 aromatic rings. The summed E-state index contributed by atoms with van der Waals surface area (Å²) < 4.78 is 25.4. The van der Waals surface area contributed by atoms with Crippen LogP contribution in [0.4, 0.5) is 5.95 Å². The number of para-hydroxylation sites is 1. The van der Waals surface area contributed by atoms with Crippen molar-refractivity contribution in [1.29, 1.82) is 0 Å². The molecule has 3 rings (SSSR count). The molecule has 0 amide bonds. The Morgan fingerprint density at radius 1 is 1.30 bits per heavy atom. The van der Waals surface area contributed by atoms with Crippen LogP contribution in [0.2, 0.25) is 0 Å². The molecule has 0 unspecified atom stereocenters. The van der Waals surface area contributed by atoms with Crippen molar-refractivity contribution in [3.63, 3.8) is 0 Å². The van der Waals surface area contributed by atoms with E-state index in [0.29, 0.717) is 18.0 Å². The maximum absolute atomic E-state index is 11.8. The Morgan fingerprint density at radius 2 is 2.10 bits per heavy atom. The summed E-state index contributed by atoms with van der Waals surface area (Å²) in [6.07, 6.45) is 1.18. The van der Waals surface area contributed by atoms with Gasteiger partial charge in [-0.1, -0.05) is 12.1 Å². The lowest BCUT2D eigenvalue weighted by molar-refractivity contribution is 0.602. The first-order valence-electron chi connectivity index (χ1n) is 5.94. The third-order valence-corrected chi connectivity index (χ3v) is 5.05. The molecule has 0 atom stereocenters. The summed E-state index contributed by atoms with van der Waals surface area (Å²) in [5, 5.41) is 1.99. The minimum Gasteiger partial charge on any atom is -0.369 e. The number of anilines is 1. The molecule has 7 heteroatoms. The largest absolute Gasteiger partial charge is 0.369 e. The van der Waals surface area contributed by atoms with Crippen LogP contribution in [0.1, 0.15) is 4.88 Å². The van der Waals surface area contributed by atoms with Crippen molar-refractivity contribution in [2.24, 2.45) is 0 Å². The van der Waals surface area contributed by atoms with Gasteiger partial charge in [-0.15, -0.1) is 11.3 Å². The molecule has 1 aromatic carbocycles. The molecule has 2 N–H and O–H groups in total. The lowest BCUT2D eigenvalue weighted by atomic mass is 10.3. The average Bonchev–Trinajstić information content (AvgIpc) is 2.97. The van der Waals surface area contributed by atoms with Crippen molar-refractivity contribution in [3.05, 3.63) is 40.6 Å². The Morgan fingerprint density at radius 3 is 2.75 bits per heavy atom. The molecular weight excluding hydrogens is 294 g/mol. The minimum atomic E-state index is -3.32. The van der Waals surface area contributed by atoms with E-state index in [1.807, 2.05) is 28.1 Å². The highest BCUT2D eigenvalue weighted by atomic mass is 32.2. The van der Waals surface area contributed by atoms with Gasteiger partial charge in [0.1, 0.15) is 5.52 Å². The van der Waals surface area contributed by atoms with Crippen LogP contribution >= 0.6 is 11.3 Å². The third-order valence-electron chi connectivity index (χ3n) is 3.06. The molecule has 0 aliphatic carbocycles. The van der Waals surface area contributed by atoms with E-state index < -0.39 is 9.84 Å². The number of aromatic nitrogens is 2. The predicted octanol–water partition coefficient (Wildman–Crippen LogP) is 2.13. The van der Waals surface area contributed by atoms with E-state index in [1.165, 1.54) is 6.26 Å². The standard InChI is InChI=1S/C13H13N3O2S2/c1-20(17,18)11-6-2-5-10-12(11)15-13(14)16(10)8-9-4-3-7-19-9/h2-7H,8H2,1H3,(H2,14,15). The molecule has 2 aromatic heterocycles. The Balaban J connectivity index is 2.22. The number of rotatable bonds is 3. The second-order valence-corrected chi connectivity index (χ2v) is 7.55. The quantitative estimate of drug-likeness (QED) is 0.804. The number of hydrogen-bond donors (Lipinski definition) is 1. The molecule has 0 fully saturated rings. The maximum atomic E-state index is 11.8. The number of nitrogen functional groups attached to an aromatic ring is 1. The van der Waals surface area contributed by atoms with Crippen LogP contribution in [0, 0.1) is 0 Å². The van der Waals surface area contributed by atoms with Crippen LogP contribution < -0.4 is 5.73 Å². The molecule has 2 heterocycles. The zero-order chi connectivity index (χ0) is 14.3. The first kappa shape index (κ1) is 13.1. The van der Waals surface area contributed by atoms with Gasteiger partial charge in [0.15, 0.2) is 9.84 Å². The fourth-order valence-corrected chi connectivity index (χ4v) is 3.68. The monoisotopic (exact) mass is 307 g/mol. The van der Waals surface area contributed by atoms with E-state index in [9.17, 15) is 8.42 Å². The van der Waals surface area contributed by atoms with Crippen LogP contribution in [-0.4, -0.2) is 24.2 Å². The number of benzene rings is 1. The molecule has 0 aliphatic rings. The number of nitrogens with two attached hydrogens (primary N) is 1. The summed E-state index contributed by atoms with van der Waals surface area (Å²) in [6.45, 7) is 0.590. The van der Waals surface area contributed by atoms with E-state index in [4.69, 9.17) is 5.73 Å². The average molecular weight is 307 g/mol. The van der Waals surface area contributed by atoms with Gasteiger partial charge >= 0.3 is 0 Å². The Bertz CT molecular complexity index is 865. The fraction of sp³-hybridized carbons (Fsp3) is 0.154. The van der Waals surface area contributed by atoms with E-state index in [1.54, 1.807) is 23.5 Å². The van der Waals surface area contributed by atoms with Gasteiger partial charge in [0.2, 0.25) is 5.95 Å². The molecule has 0 radical (unpaired) electrons. The first-order chi connectivity index (χ1) is 9.47. The van der Waals surface area contributed by atoms with Crippen LogP contribution in [0.5, 0.6) is 0 Å². The smallest absolute Gasteiger partial charge is 0.201 e. The van der Waals surface area contributed by atoms with Crippen molar-refractivity contribution in [3.8, 4) is 0 Å². The van der Waals surface area contributed by atoms with Crippen molar-refractivity contribution in [2.45, 2.75) is 11.4 Å². The predicted molar refractivity (Wildman–Crippen MR) is 80.7 cm³/mol. The van der Waals surface area contributed by atoms with Crippen molar-refractivity contribution < 1.29 is 8.42 Å². The normalized spacial score (nSPS) is 12.1. The van der Waals surface area contributed by atoms with Crippen LogP contribution in [0.15, 0.2) is 40.6 Å². The van der Waals surface area contributed by atoms with Crippen molar-refractivity contribution in [2.75, 3.05) is 12.0 Å². The van der Waals surface area contributed by atoms with Gasteiger partial charge in [0.05, 0.1) is 17.0 Å². The van der Waals surface area contributed by atoms with Gasteiger partial charge in [-0.25, -0.2) is 13.4 Å². The van der Waals surface area contributed by atoms with Gasteiger partial charge in [0.25, 0.3) is 0 Å².